The summed E-state index contributed by atoms with van der Waals surface area (Å²) in [5, 5.41) is 0.0288. The lowest BCUT2D eigenvalue weighted by Gasteiger charge is -2.44. The molecule has 1 unspecified atom stereocenters. The van der Waals surface area contributed by atoms with Gasteiger partial charge >= 0.3 is 0 Å². The van der Waals surface area contributed by atoms with Crippen LogP contribution < -0.4 is 0 Å². The van der Waals surface area contributed by atoms with E-state index < -0.39 is 10.0 Å². The van der Waals surface area contributed by atoms with Crippen molar-refractivity contribution in [3.63, 3.8) is 0 Å². The molecule has 5 heterocycles. The Morgan fingerprint density at radius 1 is 0.966 bits per heavy atom. The Balaban J connectivity index is 1.30. The van der Waals surface area contributed by atoms with Gasteiger partial charge in [-0.25, -0.2) is 13.4 Å². The van der Waals surface area contributed by atoms with Gasteiger partial charge in [0.05, 0.1) is 6.20 Å². The van der Waals surface area contributed by atoms with Crippen LogP contribution in [0.2, 0.25) is 0 Å². The molecule has 4 aliphatic heterocycles. The number of ether oxygens (including phenoxy) is 1. The molecule has 0 saturated carbocycles. The zero-order valence-electron chi connectivity index (χ0n) is 17.3. The van der Waals surface area contributed by atoms with Crippen LogP contribution in [0.15, 0.2) is 15.7 Å². The van der Waals surface area contributed by atoms with E-state index in [1.165, 1.54) is 19.0 Å². The van der Waals surface area contributed by atoms with Crippen LogP contribution in [-0.4, -0.2) is 67.0 Å². The van der Waals surface area contributed by atoms with Crippen molar-refractivity contribution in [3.05, 3.63) is 12.1 Å². The Kier molecular flexibility index (Phi) is 5.47. The third-order valence-corrected chi connectivity index (χ3v) is 9.43. The van der Waals surface area contributed by atoms with Gasteiger partial charge in [0.15, 0.2) is 5.89 Å². The maximum absolute atomic E-state index is 13.4. The van der Waals surface area contributed by atoms with Crippen LogP contribution in [0.25, 0.3) is 0 Å². The number of likely N-dealkylation sites (tertiary alicyclic amines) is 1. The molecular formula is C21H33N3O4S. The lowest BCUT2D eigenvalue weighted by atomic mass is 9.93. The Morgan fingerprint density at radius 3 is 2.28 bits per heavy atom. The zero-order valence-corrected chi connectivity index (χ0v) is 18.1. The molecular weight excluding hydrogens is 390 g/mol. The largest absolute Gasteiger partial charge is 0.428 e. The molecule has 1 aromatic heterocycles. The van der Waals surface area contributed by atoms with Crippen LogP contribution in [-0.2, 0) is 14.8 Å². The van der Waals surface area contributed by atoms with Crippen LogP contribution in [0.3, 0.4) is 0 Å². The molecule has 7 nitrogen and oxygen atoms in total. The summed E-state index contributed by atoms with van der Waals surface area (Å²) < 4.78 is 39.8. The summed E-state index contributed by atoms with van der Waals surface area (Å²) in [5.74, 6) is 1.54. The summed E-state index contributed by atoms with van der Waals surface area (Å²) in [6.07, 6.45) is 9.46. The number of oxazole rings is 1. The summed E-state index contributed by atoms with van der Waals surface area (Å²) in [6, 6.07) is 0.721. The maximum Gasteiger partial charge on any atom is 0.278 e. The lowest BCUT2D eigenvalue weighted by Crippen LogP contribution is -2.53. The molecule has 0 spiro atoms. The van der Waals surface area contributed by atoms with Crippen molar-refractivity contribution in [1.29, 1.82) is 0 Å². The molecule has 29 heavy (non-hydrogen) atoms. The van der Waals surface area contributed by atoms with E-state index in [-0.39, 0.29) is 23.1 Å². The van der Waals surface area contributed by atoms with Crippen molar-refractivity contribution in [3.8, 4) is 0 Å². The highest BCUT2D eigenvalue weighted by molar-refractivity contribution is 7.89. The van der Waals surface area contributed by atoms with Gasteiger partial charge in [0.25, 0.3) is 15.1 Å². The van der Waals surface area contributed by atoms with Crippen LogP contribution in [0.1, 0.15) is 70.1 Å². The third-order valence-electron chi connectivity index (χ3n) is 7.58. The van der Waals surface area contributed by atoms with Crippen LogP contribution in [0.4, 0.5) is 0 Å². The number of hydrogen-bond acceptors (Lipinski definition) is 6. The number of aromatic nitrogens is 1. The minimum atomic E-state index is -3.62. The molecule has 4 fully saturated rings. The van der Waals surface area contributed by atoms with Gasteiger partial charge in [-0.3, -0.25) is 0 Å². The third kappa shape index (κ3) is 3.77. The summed E-state index contributed by atoms with van der Waals surface area (Å²) in [4.78, 5) is 6.95. The van der Waals surface area contributed by atoms with E-state index in [0.29, 0.717) is 25.1 Å². The van der Waals surface area contributed by atoms with E-state index >= 15 is 0 Å². The molecule has 4 aliphatic rings. The zero-order chi connectivity index (χ0) is 20.0. The Morgan fingerprint density at radius 2 is 1.62 bits per heavy atom. The van der Waals surface area contributed by atoms with E-state index in [0.717, 1.165) is 57.5 Å². The predicted molar refractivity (Wildman–Crippen MR) is 108 cm³/mol. The molecule has 3 atom stereocenters. The first kappa shape index (κ1) is 20.0. The highest BCUT2D eigenvalue weighted by atomic mass is 32.2. The normalized spacial score (nSPS) is 33.3. The molecule has 0 aliphatic carbocycles. The monoisotopic (exact) mass is 423 g/mol. The maximum atomic E-state index is 13.4. The van der Waals surface area contributed by atoms with E-state index in [4.69, 9.17) is 9.15 Å². The van der Waals surface area contributed by atoms with Gasteiger partial charge in [0, 0.05) is 37.3 Å². The molecule has 2 bridgehead atoms. The van der Waals surface area contributed by atoms with Gasteiger partial charge in [0.2, 0.25) is 0 Å². The van der Waals surface area contributed by atoms with Gasteiger partial charge in [-0.2, -0.15) is 4.31 Å². The number of piperidine rings is 2. The average Bonchev–Trinajstić information content (AvgIpc) is 3.33. The average molecular weight is 424 g/mol. The first-order chi connectivity index (χ1) is 14.0. The summed E-state index contributed by atoms with van der Waals surface area (Å²) in [7, 11) is -3.62. The first-order valence-electron chi connectivity index (χ1n) is 11.3. The van der Waals surface area contributed by atoms with Gasteiger partial charge in [-0.1, -0.05) is 6.92 Å². The van der Waals surface area contributed by atoms with Crippen molar-refractivity contribution >= 4 is 10.0 Å². The Labute approximate surface area is 173 Å². The number of nitrogens with zero attached hydrogens (tertiary/aromatic N) is 3. The van der Waals surface area contributed by atoms with Crippen molar-refractivity contribution < 1.29 is 17.6 Å². The molecule has 8 heteroatoms. The van der Waals surface area contributed by atoms with E-state index in [2.05, 4.69) is 16.8 Å². The van der Waals surface area contributed by atoms with Crippen LogP contribution in [0, 0.1) is 5.92 Å². The van der Waals surface area contributed by atoms with Crippen molar-refractivity contribution in [1.82, 2.24) is 14.2 Å². The molecule has 0 N–H and O–H groups in total. The molecule has 4 saturated heterocycles. The highest BCUT2D eigenvalue weighted by Crippen LogP contribution is 2.42. The standard InChI is InChI=1S/C21H33N3O4S/c1-15-4-8-23(9-5-15)19-12-17-2-3-18(13-19)24(17)29(25,26)20-14-22-21(28-20)16-6-10-27-11-7-16/h14-19H,2-13H2,1H3/t17-,18+,19?. The fourth-order valence-electron chi connectivity index (χ4n) is 5.82. The Bertz CT molecular complexity index is 798. The highest BCUT2D eigenvalue weighted by Gasteiger charge is 2.49. The second kappa shape index (κ2) is 7.94. The topological polar surface area (TPSA) is 75.9 Å². The number of sulfonamides is 1. The summed E-state index contributed by atoms with van der Waals surface area (Å²) in [5.41, 5.74) is 0. The second-order valence-corrected chi connectivity index (χ2v) is 11.2. The SMILES string of the molecule is CC1CCN(C2C[C@H]3CC[C@@H](C2)N3S(=O)(=O)c2cnc(C3CCOCC3)o2)CC1. The number of fused-ring (bicyclic) bond motifs is 2. The molecule has 5 rings (SSSR count). The van der Waals surface area contributed by atoms with Crippen LogP contribution in [0.5, 0.6) is 0 Å². The smallest absolute Gasteiger partial charge is 0.278 e. The summed E-state index contributed by atoms with van der Waals surface area (Å²) in [6.45, 7) is 6.02. The van der Waals surface area contributed by atoms with Gasteiger partial charge in [-0.15, -0.1) is 0 Å². The molecule has 0 aromatic carbocycles. The molecule has 162 valence electrons. The lowest BCUT2D eigenvalue weighted by molar-refractivity contribution is 0.0744. The quantitative estimate of drug-likeness (QED) is 0.741. The van der Waals surface area contributed by atoms with E-state index in [9.17, 15) is 8.42 Å². The van der Waals surface area contributed by atoms with E-state index in [1.54, 1.807) is 4.31 Å². The van der Waals surface area contributed by atoms with Crippen molar-refractivity contribution in [2.24, 2.45) is 5.92 Å². The molecule has 0 radical (unpaired) electrons. The fourth-order valence-corrected chi connectivity index (χ4v) is 7.57. The summed E-state index contributed by atoms with van der Waals surface area (Å²) >= 11 is 0. The van der Waals surface area contributed by atoms with Gasteiger partial charge in [0.1, 0.15) is 0 Å². The van der Waals surface area contributed by atoms with Gasteiger partial charge < -0.3 is 14.1 Å². The minimum absolute atomic E-state index is 0.0288. The molecule has 0 amide bonds. The predicted octanol–water partition coefficient (Wildman–Crippen LogP) is 2.98. The number of hydrogen-bond donors (Lipinski definition) is 0. The number of rotatable bonds is 4. The van der Waals surface area contributed by atoms with E-state index in [1.807, 2.05) is 0 Å². The Hall–Kier alpha value is -0.960. The fraction of sp³-hybridized carbons (Fsp3) is 0.857. The second-order valence-electron chi connectivity index (χ2n) is 9.47. The first-order valence-corrected chi connectivity index (χ1v) is 12.8. The van der Waals surface area contributed by atoms with Crippen molar-refractivity contribution in [2.75, 3.05) is 26.3 Å². The minimum Gasteiger partial charge on any atom is -0.428 e. The molecule has 1 aromatic rings. The van der Waals surface area contributed by atoms with Gasteiger partial charge in [-0.05, 0) is 70.4 Å². The van der Waals surface area contributed by atoms with Crippen LogP contribution >= 0.6 is 0 Å². The van der Waals surface area contributed by atoms with Crippen molar-refractivity contribution in [2.45, 2.75) is 87.4 Å².